The van der Waals surface area contributed by atoms with Gasteiger partial charge >= 0.3 is 0 Å². The number of aromatic amines is 1. The zero-order valence-electron chi connectivity index (χ0n) is 9.57. The molecule has 3 rings (SSSR count). The highest BCUT2D eigenvalue weighted by atomic mass is 16.1. The molecule has 0 spiro atoms. The second-order valence-electron chi connectivity index (χ2n) is 4.61. The number of benzene rings is 1. The minimum atomic E-state index is -0.0771. The zero-order valence-corrected chi connectivity index (χ0v) is 9.57. The van der Waals surface area contributed by atoms with Gasteiger partial charge in [0.25, 0.3) is 5.56 Å². The van der Waals surface area contributed by atoms with Crippen molar-refractivity contribution in [2.24, 2.45) is 5.92 Å². The van der Waals surface area contributed by atoms with E-state index in [2.05, 4.69) is 15.3 Å². The van der Waals surface area contributed by atoms with Crippen LogP contribution in [-0.4, -0.2) is 16.5 Å². The number of nitrogens with one attached hydrogen (secondary N) is 2. The SMILES string of the molecule is O=c1[nH]c(NCC2CCC2)nc2ccccc12. The van der Waals surface area contributed by atoms with E-state index in [4.69, 9.17) is 0 Å². The van der Waals surface area contributed by atoms with Crippen LogP contribution in [0.2, 0.25) is 0 Å². The first-order valence-corrected chi connectivity index (χ1v) is 6.06. The molecule has 1 heterocycles. The van der Waals surface area contributed by atoms with E-state index in [0.29, 0.717) is 11.3 Å². The molecule has 1 aromatic heterocycles. The highest BCUT2D eigenvalue weighted by Crippen LogP contribution is 2.25. The average molecular weight is 229 g/mol. The van der Waals surface area contributed by atoms with E-state index < -0.39 is 0 Å². The van der Waals surface area contributed by atoms with Crippen LogP contribution in [0.3, 0.4) is 0 Å². The highest BCUT2D eigenvalue weighted by Gasteiger charge is 2.17. The Morgan fingerprint density at radius 3 is 2.94 bits per heavy atom. The fraction of sp³-hybridized carbons (Fsp3) is 0.385. The first kappa shape index (κ1) is 10.3. The Morgan fingerprint density at radius 2 is 2.18 bits per heavy atom. The van der Waals surface area contributed by atoms with E-state index in [1.54, 1.807) is 6.07 Å². The van der Waals surface area contributed by atoms with E-state index in [-0.39, 0.29) is 5.56 Å². The summed E-state index contributed by atoms with van der Waals surface area (Å²) >= 11 is 0. The molecular formula is C13H15N3O. The van der Waals surface area contributed by atoms with Crippen molar-refractivity contribution in [3.63, 3.8) is 0 Å². The largest absolute Gasteiger partial charge is 0.355 e. The van der Waals surface area contributed by atoms with Gasteiger partial charge in [-0.2, -0.15) is 0 Å². The number of aromatic nitrogens is 2. The number of H-pyrrole nitrogens is 1. The normalized spacial score (nSPS) is 15.8. The Labute approximate surface area is 99.1 Å². The Balaban J connectivity index is 1.86. The fourth-order valence-electron chi connectivity index (χ4n) is 2.11. The number of para-hydroxylation sites is 1. The van der Waals surface area contributed by atoms with Crippen LogP contribution in [0.25, 0.3) is 10.9 Å². The van der Waals surface area contributed by atoms with E-state index in [1.165, 1.54) is 19.3 Å². The summed E-state index contributed by atoms with van der Waals surface area (Å²) in [5.41, 5.74) is 0.666. The van der Waals surface area contributed by atoms with Gasteiger partial charge in [-0.1, -0.05) is 18.6 Å². The first-order valence-electron chi connectivity index (χ1n) is 6.06. The number of anilines is 1. The summed E-state index contributed by atoms with van der Waals surface area (Å²) in [6.07, 6.45) is 3.89. The van der Waals surface area contributed by atoms with Gasteiger partial charge in [-0.15, -0.1) is 0 Å². The van der Waals surface area contributed by atoms with Crippen molar-refractivity contribution in [3.05, 3.63) is 34.6 Å². The van der Waals surface area contributed by atoms with Crippen LogP contribution in [0.15, 0.2) is 29.1 Å². The molecule has 0 atom stereocenters. The van der Waals surface area contributed by atoms with E-state index in [1.807, 2.05) is 18.2 Å². The van der Waals surface area contributed by atoms with Gasteiger partial charge in [0.15, 0.2) is 0 Å². The maximum absolute atomic E-state index is 11.8. The molecular weight excluding hydrogens is 214 g/mol. The smallest absolute Gasteiger partial charge is 0.260 e. The lowest BCUT2D eigenvalue weighted by Crippen LogP contribution is -2.23. The second kappa shape index (κ2) is 4.20. The van der Waals surface area contributed by atoms with Crippen molar-refractivity contribution in [3.8, 4) is 0 Å². The van der Waals surface area contributed by atoms with Crippen molar-refractivity contribution in [2.45, 2.75) is 19.3 Å². The van der Waals surface area contributed by atoms with Crippen molar-refractivity contribution >= 4 is 16.9 Å². The maximum atomic E-state index is 11.8. The molecule has 0 bridgehead atoms. The fourth-order valence-corrected chi connectivity index (χ4v) is 2.11. The highest BCUT2D eigenvalue weighted by molar-refractivity contribution is 5.78. The minimum absolute atomic E-state index is 0.0771. The van der Waals surface area contributed by atoms with Crippen LogP contribution < -0.4 is 10.9 Å². The molecule has 88 valence electrons. The molecule has 0 amide bonds. The predicted molar refractivity (Wildman–Crippen MR) is 68.2 cm³/mol. The summed E-state index contributed by atoms with van der Waals surface area (Å²) in [4.78, 5) is 19.0. The molecule has 4 nitrogen and oxygen atoms in total. The summed E-state index contributed by atoms with van der Waals surface area (Å²) in [6.45, 7) is 0.904. The molecule has 17 heavy (non-hydrogen) atoms. The molecule has 0 aliphatic heterocycles. The maximum Gasteiger partial charge on any atom is 0.260 e. The average Bonchev–Trinajstić information content (AvgIpc) is 2.27. The van der Waals surface area contributed by atoms with Gasteiger partial charge in [0.05, 0.1) is 10.9 Å². The number of hydrogen-bond donors (Lipinski definition) is 2. The predicted octanol–water partition coefficient (Wildman–Crippen LogP) is 2.14. The van der Waals surface area contributed by atoms with Crippen molar-refractivity contribution in [1.82, 2.24) is 9.97 Å². The molecule has 4 heteroatoms. The summed E-state index contributed by atoms with van der Waals surface area (Å²) in [5.74, 6) is 1.33. The van der Waals surface area contributed by atoms with Gasteiger partial charge in [-0.25, -0.2) is 4.98 Å². The van der Waals surface area contributed by atoms with E-state index >= 15 is 0 Å². The van der Waals surface area contributed by atoms with Crippen molar-refractivity contribution in [1.29, 1.82) is 0 Å². The van der Waals surface area contributed by atoms with Crippen LogP contribution in [0.5, 0.6) is 0 Å². The van der Waals surface area contributed by atoms with E-state index in [0.717, 1.165) is 18.0 Å². The Kier molecular flexibility index (Phi) is 2.55. The van der Waals surface area contributed by atoms with Crippen molar-refractivity contribution in [2.75, 3.05) is 11.9 Å². The number of fused-ring (bicyclic) bond motifs is 1. The summed E-state index contributed by atoms with van der Waals surface area (Å²) < 4.78 is 0. The summed E-state index contributed by atoms with van der Waals surface area (Å²) in [7, 11) is 0. The lowest BCUT2D eigenvalue weighted by atomic mass is 9.85. The lowest BCUT2D eigenvalue weighted by Gasteiger charge is -2.25. The monoisotopic (exact) mass is 229 g/mol. The zero-order chi connectivity index (χ0) is 11.7. The van der Waals surface area contributed by atoms with E-state index in [9.17, 15) is 4.79 Å². The quantitative estimate of drug-likeness (QED) is 0.847. The summed E-state index contributed by atoms with van der Waals surface area (Å²) in [5, 5.41) is 3.85. The number of rotatable bonds is 3. The molecule has 0 unspecified atom stereocenters. The third-order valence-corrected chi connectivity index (χ3v) is 3.40. The van der Waals surface area contributed by atoms with Gasteiger partial charge in [-0.05, 0) is 30.9 Å². The molecule has 1 fully saturated rings. The van der Waals surface area contributed by atoms with Gasteiger partial charge in [0, 0.05) is 6.54 Å². The molecule has 2 N–H and O–H groups in total. The minimum Gasteiger partial charge on any atom is -0.355 e. The lowest BCUT2D eigenvalue weighted by molar-refractivity contribution is 0.333. The third-order valence-electron chi connectivity index (χ3n) is 3.40. The number of hydrogen-bond acceptors (Lipinski definition) is 3. The Bertz CT molecular complexity index is 586. The Morgan fingerprint density at radius 1 is 1.35 bits per heavy atom. The molecule has 1 saturated carbocycles. The topological polar surface area (TPSA) is 57.8 Å². The molecule has 0 radical (unpaired) electrons. The first-order chi connectivity index (χ1) is 8.33. The molecule has 1 aliphatic carbocycles. The van der Waals surface area contributed by atoms with Crippen LogP contribution in [0.4, 0.5) is 5.95 Å². The Hall–Kier alpha value is -1.84. The second-order valence-corrected chi connectivity index (χ2v) is 4.61. The number of nitrogens with zero attached hydrogens (tertiary/aromatic N) is 1. The molecule has 0 saturated heterocycles. The van der Waals surface area contributed by atoms with Gasteiger partial charge < -0.3 is 5.32 Å². The third kappa shape index (κ3) is 2.02. The van der Waals surface area contributed by atoms with Crippen LogP contribution in [0, 0.1) is 5.92 Å². The van der Waals surface area contributed by atoms with Gasteiger partial charge in [-0.3, -0.25) is 9.78 Å². The van der Waals surface area contributed by atoms with Crippen molar-refractivity contribution < 1.29 is 0 Å². The standard InChI is InChI=1S/C13H15N3O/c17-12-10-6-1-2-7-11(10)15-13(16-12)14-8-9-4-3-5-9/h1-2,6-7,9H,3-5,8H2,(H2,14,15,16,17). The molecule has 1 aromatic carbocycles. The van der Waals surface area contributed by atoms with Gasteiger partial charge in [0.2, 0.25) is 5.95 Å². The van der Waals surface area contributed by atoms with Gasteiger partial charge in [0.1, 0.15) is 0 Å². The molecule has 2 aromatic rings. The van der Waals surface area contributed by atoms with Crippen LogP contribution in [-0.2, 0) is 0 Å². The molecule has 1 aliphatic rings. The van der Waals surface area contributed by atoms with Crippen LogP contribution >= 0.6 is 0 Å². The van der Waals surface area contributed by atoms with Crippen LogP contribution in [0.1, 0.15) is 19.3 Å². The summed E-state index contributed by atoms with van der Waals surface area (Å²) in [6, 6.07) is 7.39.